The molecule has 1 aliphatic carbocycles. The van der Waals surface area contributed by atoms with E-state index in [0.29, 0.717) is 6.42 Å². The van der Waals surface area contributed by atoms with Gasteiger partial charge in [-0.3, -0.25) is 14.5 Å². The maximum Gasteiger partial charge on any atom is 0.261 e. The number of thiophene rings is 1. The van der Waals surface area contributed by atoms with E-state index >= 15 is 0 Å². The van der Waals surface area contributed by atoms with Gasteiger partial charge < -0.3 is 19.4 Å². The standard InChI is InChI=1S/C40H45NO6SSi/c1-25-19-27(20-26(2)36(25)42)34-22-33-35-32(37(43)41(38(35)44)23-29-13-12-18-48-29)21-28(40(33,45)47-34)24-46-49(39(3,4)5,30-14-8-6-9-15-30)31-16-10-7-11-17-31/h6-20,28,32-35,42,45H,21-24H2,1-5H3/t28-,32+,33+,34+,35+,40-/m1/s1. The SMILES string of the molecule is Cc1cc([C@@H]2C[C@H]3[C@H]4C(=O)N(Cc5cccs5)C(=O)[C@H]4C[C@H](CO[Si](c4ccccc4)(c4ccccc4)C(C)(C)C)[C@@]3(O)O2)cc(C)c1O. The topological polar surface area (TPSA) is 96.3 Å². The van der Waals surface area contributed by atoms with E-state index in [0.717, 1.165) is 31.9 Å². The predicted octanol–water partition coefficient (Wildman–Crippen LogP) is 6.23. The summed E-state index contributed by atoms with van der Waals surface area (Å²) < 4.78 is 14.1. The number of amides is 2. The Morgan fingerprint density at radius 3 is 2.08 bits per heavy atom. The fourth-order valence-electron chi connectivity index (χ4n) is 8.82. The molecule has 256 valence electrons. The number of hydrogen-bond donors (Lipinski definition) is 2. The van der Waals surface area contributed by atoms with Crippen LogP contribution in [0.3, 0.4) is 0 Å². The smallest absolute Gasteiger partial charge is 0.261 e. The third kappa shape index (κ3) is 5.60. The van der Waals surface area contributed by atoms with Crippen molar-refractivity contribution < 1.29 is 29.0 Å². The van der Waals surface area contributed by atoms with Crippen molar-refractivity contribution >= 4 is 41.8 Å². The zero-order valence-electron chi connectivity index (χ0n) is 28.8. The van der Waals surface area contributed by atoms with Gasteiger partial charge in [0.25, 0.3) is 8.32 Å². The van der Waals surface area contributed by atoms with Crippen molar-refractivity contribution in [1.29, 1.82) is 0 Å². The molecule has 2 saturated heterocycles. The van der Waals surface area contributed by atoms with E-state index in [-0.39, 0.29) is 42.2 Å². The number of aliphatic hydroxyl groups is 1. The molecule has 2 N–H and O–H groups in total. The Hall–Kier alpha value is -3.60. The van der Waals surface area contributed by atoms with Gasteiger partial charge in [0.15, 0.2) is 5.79 Å². The van der Waals surface area contributed by atoms with Crippen LogP contribution in [0.2, 0.25) is 5.04 Å². The molecule has 9 heteroatoms. The molecule has 6 atom stereocenters. The second-order valence-electron chi connectivity index (χ2n) is 15.1. The summed E-state index contributed by atoms with van der Waals surface area (Å²) in [7, 11) is -2.99. The van der Waals surface area contributed by atoms with Gasteiger partial charge in [-0.15, -0.1) is 11.3 Å². The first-order valence-electron chi connectivity index (χ1n) is 17.2. The van der Waals surface area contributed by atoms with Gasteiger partial charge in [0, 0.05) is 23.3 Å². The van der Waals surface area contributed by atoms with E-state index in [1.54, 1.807) is 0 Å². The lowest BCUT2D eigenvalue weighted by Crippen LogP contribution is -2.67. The molecule has 0 bridgehead atoms. The van der Waals surface area contributed by atoms with Crippen LogP contribution in [0.5, 0.6) is 5.75 Å². The number of aromatic hydroxyl groups is 1. The molecular formula is C40H45NO6SSi. The first-order chi connectivity index (χ1) is 23.3. The van der Waals surface area contributed by atoms with Crippen LogP contribution in [0.1, 0.15) is 61.3 Å². The minimum atomic E-state index is -2.99. The zero-order valence-corrected chi connectivity index (χ0v) is 30.6. The number of carbonyl (C=O) groups is 2. The molecule has 0 radical (unpaired) electrons. The highest BCUT2D eigenvalue weighted by molar-refractivity contribution is 7.09. The van der Waals surface area contributed by atoms with Gasteiger partial charge in [-0.2, -0.15) is 0 Å². The number of hydrogen-bond acceptors (Lipinski definition) is 7. The summed E-state index contributed by atoms with van der Waals surface area (Å²) in [6.07, 6.45) is 0.140. The Kier molecular flexibility index (Phi) is 8.72. The van der Waals surface area contributed by atoms with Gasteiger partial charge in [0.05, 0.1) is 24.5 Å². The number of phenols is 1. The first kappa shape index (κ1) is 33.9. The van der Waals surface area contributed by atoms with Crippen LogP contribution < -0.4 is 10.4 Å². The molecule has 49 heavy (non-hydrogen) atoms. The highest BCUT2D eigenvalue weighted by atomic mass is 32.1. The molecule has 4 aromatic rings. The van der Waals surface area contributed by atoms with Crippen molar-refractivity contribution in [2.75, 3.05) is 6.61 Å². The Labute approximate surface area is 293 Å². The highest BCUT2D eigenvalue weighted by Gasteiger charge is 2.67. The number of likely N-dealkylation sites (tertiary alicyclic amines) is 1. The van der Waals surface area contributed by atoms with Crippen molar-refractivity contribution in [3.63, 3.8) is 0 Å². The lowest BCUT2D eigenvalue weighted by atomic mass is 9.64. The Balaban J connectivity index is 1.29. The maximum atomic E-state index is 14.2. The summed E-state index contributed by atoms with van der Waals surface area (Å²) in [4.78, 5) is 30.6. The van der Waals surface area contributed by atoms with E-state index < -0.39 is 43.9 Å². The molecule has 3 aromatic carbocycles. The van der Waals surface area contributed by atoms with Crippen LogP contribution in [-0.2, 0) is 25.3 Å². The van der Waals surface area contributed by atoms with Crippen LogP contribution in [0, 0.1) is 37.5 Å². The van der Waals surface area contributed by atoms with Gasteiger partial charge in [-0.1, -0.05) is 87.5 Å². The van der Waals surface area contributed by atoms with Crippen LogP contribution in [0.15, 0.2) is 90.3 Å². The second-order valence-corrected chi connectivity index (χ2v) is 20.4. The third-order valence-electron chi connectivity index (χ3n) is 11.2. The first-order valence-corrected chi connectivity index (χ1v) is 20.0. The van der Waals surface area contributed by atoms with Crippen molar-refractivity contribution in [2.24, 2.45) is 23.7 Å². The molecule has 7 nitrogen and oxygen atoms in total. The summed E-state index contributed by atoms with van der Waals surface area (Å²) in [6.45, 7) is 10.7. The maximum absolute atomic E-state index is 14.2. The van der Waals surface area contributed by atoms with Gasteiger partial charge in [0.2, 0.25) is 11.8 Å². The summed E-state index contributed by atoms with van der Waals surface area (Å²) in [5.74, 6) is -4.32. The monoisotopic (exact) mass is 695 g/mol. The normalized spacial score (nSPS) is 27.0. The Morgan fingerprint density at radius 1 is 0.918 bits per heavy atom. The summed E-state index contributed by atoms with van der Waals surface area (Å²) in [5, 5.41) is 27.2. The molecule has 2 amide bonds. The molecule has 3 heterocycles. The van der Waals surface area contributed by atoms with E-state index in [4.69, 9.17) is 9.16 Å². The van der Waals surface area contributed by atoms with E-state index in [2.05, 4.69) is 45.0 Å². The molecule has 1 saturated carbocycles. The average Bonchev–Trinajstić information content (AvgIpc) is 3.78. The van der Waals surface area contributed by atoms with Crippen molar-refractivity contribution in [3.8, 4) is 5.75 Å². The van der Waals surface area contributed by atoms with Crippen LogP contribution in [0.4, 0.5) is 0 Å². The van der Waals surface area contributed by atoms with Crippen LogP contribution in [0.25, 0.3) is 0 Å². The Bertz CT molecular complexity index is 1780. The van der Waals surface area contributed by atoms with Crippen molar-refractivity contribution in [1.82, 2.24) is 4.90 Å². The number of fused-ring (bicyclic) bond motifs is 3. The largest absolute Gasteiger partial charge is 0.507 e. The number of ether oxygens (including phenoxy) is 1. The third-order valence-corrected chi connectivity index (χ3v) is 17.0. The zero-order chi connectivity index (χ0) is 34.7. The number of phenolic OH excluding ortho intramolecular Hbond substituents is 1. The molecule has 3 aliphatic rings. The number of carbonyl (C=O) groups excluding carboxylic acids is 2. The van der Waals surface area contributed by atoms with E-state index in [9.17, 15) is 19.8 Å². The molecular weight excluding hydrogens is 651 g/mol. The molecule has 0 unspecified atom stereocenters. The van der Waals surface area contributed by atoms with Gasteiger partial charge >= 0.3 is 0 Å². The molecule has 3 fully saturated rings. The lowest BCUT2D eigenvalue weighted by molar-refractivity contribution is -0.273. The van der Waals surface area contributed by atoms with E-state index in [1.165, 1.54) is 16.2 Å². The predicted molar refractivity (Wildman–Crippen MR) is 193 cm³/mol. The number of aryl methyl sites for hydroxylation is 2. The highest BCUT2D eigenvalue weighted by Crippen LogP contribution is 2.59. The summed E-state index contributed by atoms with van der Waals surface area (Å²) >= 11 is 1.52. The number of nitrogens with zero attached hydrogens (tertiary/aromatic N) is 1. The van der Waals surface area contributed by atoms with Gasteiger partial charge in [-0.05, 0) is 82.4 Å². The molecule has 7 rings (SSSR count). The fourth-order valence-corrected chi connectivity index (χ4v) is 14.1. The number of rotatable bonds is 8. The summed E-state index contributed by atoms with van der Waals surface area (Å²) in [6, 6.07) is 28.4. The number of benzene rings is 3. The van der Waals surface area contributed by atoms with Crippen molar-refractivity contribution in [2.45, 2.75) is 70.9 Å². The quantitative estimate of drug-likeness (QED) is 0.168. The summed E-state index contributed by atoms with van der Waals surface area (Å²) in [5.41, 5.74) is 2.28. The van der Waals surface area contributed by atoms with Gasteiger partial charge in [-0.25, -0.2) is 0 Å². The minimum Gasteiger partial charge on any atom is -0.507 e. The molecule has 1 aromatic heterocycles. The molecule has 0 spiro atoms. The van der Waals surface area contributed by atoms with E-state index in [1.807, 2.05) is 79.9 Å². The fraction of sp³-hybridized carbons (Fsp3) is 0.400. The lowest BCUT2D eigenvalue weighted by Gasteiger charge is -2.48. The second kappa shape index (κ2) is 12.6. The molecule has 2 aliphatic heterocycles. The average molecular weight is 696 g/mol. The Morgan fingerprint density at radius 2 is 1.53 bits per heavy atom. The number of imide groups is 1. The van der Waals surface area contributed by atoms with Crippen LogP contribution in [-0.4, -0.2) is 47.6 Å². The minimum absolute atomic E-state index is 0.163. The van der Waals surface area contributed by atoms with Crippen LogP contribution >= 0.6 is 11.3 Å². The van der Waals surface area contributed by atoms with Gasteiger partial charge in [0.1, 0.15) is 5.75 Å². The van der Waals surface area contributed by atoms with Crippen molar-refractivity contribution in [3.05, 3.63) is 112 Å².